The summed E-state index contributed by atoms with van der Waals surface area (Å²) in [6.45, 7) is 3.55. The zero-order valence-corrected chi connectivity index (χ0v) is 19.7. The third-order valence-electron chi connectivity index (χ3n) is 7.77. The third kappa shape index (κ3) is 5.73. The molecule has 2 aliphatic carbocycles. The van der Waals surface area contributed by atoms with Crippen LogP contribution in [0.25, 0.3) is 0 Å². The van der Waals surface area contributed by atoms with Crippen LogP contribution in [0.2, 0.25) is 0 Å². The highest BCUT2D eigenvalue weighted by Gasteiger charge is 2.42. The molecule has 2 atom stereocenters. The van der Waals surface area contributed by atoms with Gasteiger partial charge in [0.05, 0.1) is 0 Å². The predicted octanol–water partition coefficient (Wildman–Crippen LogP) is 5.37. The second-order valence-corrected chi connectivity index (χ2v) is 10.2. The molecule has 4 heteroatoms. The standard InChI is InChI=1S/C29H37N3O/c33-29(27-13-7-8-18-30-27)32(26-14-15-26)28(21-23-9-3-1-4-10-23)25-16-19-31(20-17-25)22-24-11-5-2-6-12-24/h1-5,7-10,13,18,24-26,28H,6,11-12,14-17,19-22H2/t24-,28-/m1/s1. The van der Waals surface area contributed by atoms with Gasteiger partial charge in [-0.05, 0) is 94.0 Å². The van der Waals surface area contributed by atoms with Gasteiger partial charge in [0.15, 0.2) is 0 Å². The van der Waals surface area contributed by atoms with Crippen LogP contribution in [0, 0.1) is 11.8 Å². The van der Waals surface area contributed by atoms with Crippen LogP contribution in [0.4, 0.5) is 0 Å². The number of likely N-dealkylation sites (tertiary alicyclic amines) is 1. The first-order chi connectivity index (χ1) is 16.3. The molecule has 2 heterocycles. The number of nitrogens with zero attached hydrogens (tertiary/aromatic N) is 3. The zero-order valence-electron chi connectivity index (χ0n) is 19.7. The largest absolute Gasteiger partial charge is 0.331 e. The Kier molecular flexibility index (Phi) is 7.21. The lowest BCUT2D eigenvalue weighted by Gasteiger charge is -2.42. The second-order valence-electron chi connectivity index (χ2n) is 10.2. The first-order valence-corrected chi connectivity index (χ1v) is 12.9. The molecule has 2 fully saturated rings. The zero-order chi connectivity index (χ0) is 22.5. The van der Waals surface area contributed by atoms with Gasteiger partial charge in [0.2, 0.25) is 0 Å². The van der Waals surface area contributed by atoms with Crippen LogP contribution in [-0.2, 0) is 6.42 Å². The molecule has 0 N–H and O–H groups in total. The lowest BCUT2D eigenvalue weighted by Crippen LogP contribution is -2.50. The van der Waals surface area contributed by atoms with Crippen LogP contribution in [0.1, 0.15) is 61.0 Å². The Morgan fingerprint density at radius 1 is 0.970 bits per heavy atom. The molecule has 4 nitrogen and oxygen atoms in total. The Labute approximate surface area is 198 Å². The number of carbonyl (C=O) groups excluding carboxylic acids is 1. The van der Waals surface area contributed by atoms with E-state index in [1.165, 1.54) is 44.2 Å². The number of aromatic nitrogens is 1. The maximum atomic E-state index is 13.7. The van der Waals surface area contributed by atoms with E-state index in [1.54, 1.807) is 6.20 Å². The van der Waals surface area contributed by atoms with Crippen LogP contribution in [0.3, 0.4) is 0 Å². The first kappa shape index (κ1) is 22.3. The van der Waals surface area contributed by atoms with Gasteiger partial charge >= 0.3 is 0 Å². The number of piperidine rings is 1. The maximum absolute atomic E-state index is 13.7. The smallest absolute Gasteiger partial charge is 0.272 e. The van der Waals surface area contributed by atoms with E-state index in [-0.39, 0.29) is 11.9 Å². The SMILES string of the molecule is O=C(c1ccccn1)N(C1CC1)[C@H](Cc1ccccc1)C1CCN(C[C@@H]2CC=CCC2)CC1. The van der Waals surface area contributed by atoms with Gasteiger partial charge in [0.1, 0.15) is 5.69 Å². The molecule has 174 valence electrons. The number of benzene rings is 1. The third-order valence-corrected chi connectivity index (χ3v) is 7.77. The number of pyridine rings is 1. The first-order valence-electron chi connectivity index (χ1n) is 12.9. The van der Waals surface area contributed by atoms with E-state index in [4.69, 9.17) is 0 Å². The number of amides is 1. The predicted molar refractivity (Wildman–Crippen MR) is 133 cm³/mol. The highest BCUT2D eigenvalue weighted by Crippen LogP contribution is 2.36. The maximum Gasteiger partial charge on any atom is 0.272 e. The molecule has 0 bridgehead atoms. The fourth-order valence-corrected chi connectivity index (χ4v) is 5.82. The van der Waals surface area contributed by atoms with Gasteiger partial charge in [-0.2, -0.15) is 0 Å². The van der Waals surface area contributed by atoms with Crippen molar-refractivity contribution in [1.29, 1.82) is 0 Å². The van der Waals surface area contributed by atoms with Crippen molar-refractivity contribution >= 4 is 5.91 Å². The van der Waals surface area contributed by atoms with Crippen molar-refractivity contribution in [2.24, 2.45) is 11.8 Å². The normalized spacial score (nSPS) is 22.7. The summed E-state index contributed by atoms with van der Waals surface area (Å²) in [7, 11) is 0. The van der Waals surface area contributed by atoms with Gasteiger partial charge < -0.3 is 9.80 Å². The van der Waals surface area contributed by atoms with Gasteiger partial charge in [-0.3, -0.25) is 9.78 Å². The Bertz CT molecular complexity index is 916. The average molecular weight is 444 g/mol. The summed E-state index contributed by atoms with van der Waals surface area (Å²) in [5.41, 5.74) is 1.92. The molecule has 1 aromatic carbocycles. The Morgan fingerprint density at radius 3 is 2.42 bits per heavy atom. The van der Waals surface area contributed by atoms with E-state index < -0.39 is 0 Å². The summed E-state index contributed by atoms with van der Waals surface area (Å²) in [5, 5.41) is 0. The molecule has 0 spiro atoms. The minimum Gasteiger partial charge on any atom is -0.331 e. The molecule has 0 unspecified atom stereocenters. The average Bonchev–Trinajstić information content (AvgIpc) is 3.71. The summed E-state index contributed by atoms with van der Waals surface area (Å²) in [5.74, 6) is 1.48. The van der Waals surface area contributed by atoms with E-state index >= 15 is 0 Å². The van der Waals surface area contributed by atoms with E-state index in [2.05, 4.69) is 57.3 Å². The lowest BCUT2D eigenvalue weighted by atomic mass is 9.83. The number of hydrogen-bond donors (Lipinski definition) is 0. The van der Waals surface area contributed by atoms with Crippen molar-refractivity contribution in [2.75, 3.05) is 19.6 Å². The van der Waals surface area contributed by atoms with Crippen molar-refractivity contribution < 1.29 is 4.79 Å². The number of hydrogen-bond acceptors (Lipinski definition) is 3. The van der Waals surface area contributed by atoms with E-state index in [9.17, 15) is 4.79 Å². The van der Waals surface area contributed by atoms with Crippen molar-refractivity contribution in [3.8, 4) is 0 Å². The summed E-state index contributed by atoms with van der Waals surface area (Å²) < 4.78 is 0. The van der Waals surface area contributed by atoms with Crippen LogP contribution >= 0.6 is 0 Å². The van der Waals surface area contributed by atoms with Crippen LogP contribution in [0.15, 0.2) is 66.9 Å². The molecule has 1 saturated heterocycles. The number of rotatable bonds is 8. The topological polar surface area (TPSA) is 36.4 Å². The Morgan fingerprint density at radius 2 is 1.76 bits per heavy atom. The van der Waals surface area contributed by atoms with Gasteiger partial charge in [0.25, 0.3) is 5.91 Å². The van der Waals surface area contributed by atoms with Crippen LogP contribution in [-0.4, -0.2) is 52.4 Å². The molecular formula is C29H37N3O. The lowest BCUT2D eigenvalue weighted by molar-refractivity contribution is 0.0468. The highest BCUT2D eigenvalue weighted by atomic mass is 16.2. The fourth-order valence-electron chi connectivity index (χ4n) is 5.82. The minimum absolute atomic E-state index is 0.121. The summed E-state index contributed by atoms with van der Waals surface area (Å²) >= 11 is 0. The molecule has 1 amide bonds. The molecule has 2 aromatic rings. The monoisotopic (exact) mass is 443 g/mol. The number of allylic oxidation sites excluding steroid dienone is 2. The molecule has 3 aliphatic rings. The van der Waals surface area contributed by atoms with Gasteiger partial charge in [-0.25, -0.2) is 0 Å². The Hall–Kier alpha value is -2.46. The second kappa shape index (κ2) is 10.6. The molecule has 0 radical (unpaired) electrons. The van der Waals surface area contributed by atoms with E-state index in [1.807, 2.05) is 18.2 Å². The quantitative estimate of drug-likeness (QED) is 0.515. The fraction of sp³-hybridized carbons (Fsp3) is 0.517. The molecular weight excluding hydrogens is 406 g/mol. The molecule has 1 aliphatic heterocycles. The molecule has 33 heavy (non-hydrogen) atoms. The molecule has 1 saturated carbocycles. The van der Waals surface area contributed by atoms with Crippen LogP contribution < -0.4 is 0 Å². The van der Waals surface area contributed by atoms with Crippen LogP contribution in [0.5, 0.6) is 0 Å². The van der Waals surface area contributed by atoms with Crippen molar-refractivity contribution in [3.05, 3.63) is 78.1 Å². The number of carbonyl (C=O) groups is 1. The summed E-state index contributed by atoms with van der Waals surface area (Å²) in [6.07, 6.45) is 15.8. The van der Waals surface area contributed by atoms with E-state index in [0.717, 1.165) is 38.3 Å². The van der Waals surface area contributed by atoms with E-state index in [0.29, 0.717) is 17.7 Å². The molecule has 5 rings (SSSR count). The van der Waals surface area contributed by atoms with Gasteiger partial charge in [0, 0.05) is 24.8 Å². The summed E-state index contributed by atoms with van der Waals surface area (Å²) in [4.78, 5) is 23.0. The van der Waals surface area contributed by atoms with Crippen molar-refractivity contribution in [3.63, 3.8) is 0 Å². The summed E-state index contributed by atoms with van der Waals surface area (Å²) in [6, 6.07) is 17.1. The Balaban J connectivity index is 1.32. The van der Waals surface area contributed by atoms with Gasteiger partial charge in [-0.15, -0.1) is 0 Å². The molecule has 1 aromatic heterocycles. The minimum atomic E-state index is 0.121. The van der Waals surface area contributed by atoms with Gasteiger partial charge in [-0.1, -0.05) is 48.6 Å². The van der Waals surface area contributed by atoms with Crippen molar-refractivity contribution in [2.45, 2.75) is 63.5 Å². The van der Waals surface area contributed by atoms with Crippen molar-refractivity contribution in [1.82, 2.24) is 14.8 Å². The highest BCUT2D eigenvalue weighted by molar-refractivity contribution is 5.93.